The number of nitrogens with one attached hydrogen (secondary N) is 1. The van der Waals surface area contributed by atoms with Crippen molar-refractivity contribution < 1.29 is 17.7 Å². The molecule has 1 N–H and O–H groups in total. The lowest BCUT2D eigenvalue weighted by atomic mass is 10.2. The summed E-state index contributed by atoms with van der Waals surface area (Å²) in [6.45, 7) is 3.29. The Morgan fingerprint density at radius 3 is 2.83 bits per heavy atom. The average molecular weight is 389 g/mol. The lowest BCUT2D eigenvalue weighted by Gasteiger charge is -2.22. The maximum absolute atomic E-state index is 11.7. The van der Waals surface area contributed by atoms with E-state index in [9.17, 15) is 8.42 Å². The largest absolute Gasteiger partial charge is 0.409 e. The second-order valence-electron chi connectivity index (χ2n) is 5.92. The highest BCUT2D eigenvalue weighted by molar-refractivity contribution is 7.91. The van der Waals surface area contributed by atoms with Gasteiger partial charge >= 0.3 is 0 Å². The Morgan fingerprint density at radius 2 is 2.21 bits per heavy atom. The van der Waals surface area contributed by atoms with Gasteiger partial charge in [0.2, 0.25) is 5.89 Å². The number of benzene rings is 1. The molecule has 0 saturated carbocycles. The highest BCUT2D eigenvalue weighted by Gasteiger charge is 2.35. The molecule has 1 aliphatic heterocycles. The van der Waals surface area contributed by atoms with Crippen molar-refractivity contribution in [1.82, 2.24) is 9.78 Å². The van der Waals surface area contributed by atoms with Gasteiger partial charge in [-0.05, 0) is 31.3 Å². The van der Waals surface area contributed by atoms with E-state index in [1.54, 1.807) is 10.7 Å². The smallest absolute Gasteiger partial charge is 0.292 e. The van der Waals surface area contributed by atoms with Crippen LogP contribution in [0.4, 0.5) is 0 Å². The molecule has 0 spiro atoms. The predicted molar refractivity (Wildman–Crippen MR) is 94.3 cm³/mol. The molecule has 130 valence electrons. The highest BCUT2D eigenvalue weighted by atomic mass is 35.5. The SMILES string of the molecule is CC[NH+](Cn1nc(-c2ccccc2Cl)oc1=S)[C@H]1CCS(=O)(=O)C1. The maximum atomic E-state index is 11.7. The summed E-state index contributed by atoms with van der Waals surface area (Å²) in [5, 5.41) is 4.97. The normalized spacial score (nSPS) is 21.0. The van der Waals surface area contributed by atoms with Crippen molar-refractivity contribution in [3.05, 3.63) is 34.1 Å². The van der Waals surface area contributed by atoms with E-state index in [4.69, 9.17) is 28.2 Å². The van der Waals surface area contributed by atoms with Crippen LogP contribution in [0.3, 0.4) is 0 Å². The summed E-state index contributed by atoms with van der Waals surface area (Å²) in [5.74, 6) is 0.856. The first kappa shape index (κ1) is 17.6. The van der Waals surface area contributed by atoms with E-state index in [0.29, 0.717) is 29.6 Å². The number of quaternary nitrogens is 1. The van der Waals surface area contributed by atoms with Crippen LogP contribution < -0.4 is 4.90 Å². The van der Waals surface area contributed by atoms with Gasteiger partial charge in [0.25, 0.3) is 4.84 Å². The van der Waals surface area contributed by atoms with Gasteiger partial charge in [-0.2, -0.15) is 4.68 Å². The Balaban J connectivity index is 1.83. The van der Waals surface area contributed by atoms with Crippen LogP contribution in [0, 0.1) is 4.84 Å². The third-order valence-corrected chi connectivity index (χ3v) is 6.72. The van der Waals surface area contributed by atoms with Crippen LogP contribution in [-0.4, -0.2) is 42.3 Å². The first-order valence-electron chi connectivity index (χ1n) is 7.77. The quantitative estimate of drug-likeness (QED) is 0.787. The van der Waals surface area contributed by atoms with Gasteiger partial charge in [-0.25, -0.2) is 8.42 Å². The zero-order valence-electron chi connectivity index (χ0n) is 13.2. The monoisotopic (exact) mass is 388 g/mol. The molecule has 2 aromatic rings. The van der Waals surface area contributed by atoms with Crippen LogP contribution in [0.1, 0.15) is 13.3 Å². The first-order valence-corrected chi connectivity index (χ1v) is 10.4. The van der Waals surface area contributed by atoms with Crippen LogP contribution in [0.5, 0.6) is 0 Å². The molecule has 2 heterocycles. The van der Waals surface area contributed by atoms with Crippen molar-refractivity contribution >= 4 is 33.7 Å². The van der Waals surface area contributed by atoms with Crippen molar-refractivity contribution in [1.29, 1.82) is 0 Å². The number of hydrogen-bond donors (Lipinski definition) is 1. The van der Waals surface area contributed by atoms with Gasteiger partial charge in [0, 0.05) is 6.42 Å². The number of hydrogen-bond acceptors (Lipinski definition) is 5. The van der Waals surface area contributed by atoms with Crippen LogP contribution in [-0.2, 0) is 16.5 Å². The Kier molecular flexibility index (Phi) is 5.10. The Morgan fingerprint density at radius 1 is 1.46 bits per heavy atom. The summed E-state index contributed by atoms with van der Waals surface area (Å²) in [7, 11) is -2.91. The minimum Gasteiger partial charge on any atom is -0.409 e. The molecular weight excluding hydrogens is 370 g/mol. The molecular formula is C15H19ClN3O3S2+. The Hall–Kier alpha value is -1.22. The number of rotatable bonds is 5. The number of sulfone groups is 1. The number of halogens is 1. The molecule has 1 fully saturated rings. The second-order valence-corrected chi connectivity index (χ2v) is 8.91. The second kappa shape index (κ2) is 6.95. The summed E-state index contributed by atoms with van der Waals surface area (Å²) < 4.78 is 30.6. The van der Waals surface area contributed by atoms with Gasteiger partial charge in [-0.15, -0.1) is 5.10 Å². The fourth-order valence-corrected chi connectivity index (χ4v) is 5.22. The fourth-order valence-electron chi connectivity index (χ4n) is 2.99. The molecule has 0 aliphatic carbocycles. The molecule has 9 heteroatoms. The summed E-state index contributed by atoms with van der Waals surface area (Å²) >= 11 is 11.4. The molecule has 3 rings (SSSR count). The minimum absolute atomic E-state index is 0.0716. The molecule has 24 heavy (non-hydrogen) atoms. The molecule has 6 nitrogen and oxygen atoms in total. The standard InChI is InChI=1S/C15H18ClN3O3S2/c1-2-18(11-7-8-24(20,21)9-11)10-19-15(23)22-14(17-19)12-5-3-4-6-13(12)16/h3-6,11H,2,7-10H2,1H3/p+1/t11-/m0/s1. The van der Waals surface area contributed by atoms with Crippen LogP contribution in [0.2, 0.25) is 5.02 Å². The lowest BCUT2D eigenvalue weighted by Crippen LogP contribution is -3.15. The Labute approximate surface area is 150 Å². The van der Waals surface area contributed by atoms with E-state index in [1.807, 2.05) is 25.1 Å². The zero-order chi connectivity index (χ0) is 17.3. The van der Waals surface area contributed by atoms with Crippen molar-refractivity contribution in [2.75, 3.05) is 18.1 Å². The lowest BCUT2D eigenvalue weighted by molar-refractivity contribution is -0.943. The van der Waals surface area contributed by atoms with Crippen molar-refractivity contribution in [3.8, 4) is 11.5 Å². The average Bonchev–Trinajstić information content (AvgIpc) is 3.08. The summed E-state index contributed by atoms with van der Waals surface area (Å²) in [6, 6.07) is 7.34. The van der Waals surface area contributed by atoms with E-state index in [-0.39, 0.29) is 22.4 Å². The van der Waals surface area contributed by atoms with E-state index < -0.39 is 9.84 Å². The third-order valence-electron chi connectivity index (χ3n) is 4.33. The van der Waals surface area contributed by atoms with E-state index in [1.165, 1.54) is 0 Å². The first-order chi connectivity index (χ1) is 11.4. The van der Waals surface area contributed by atoms with Crippen LogP contribution in [0.15, 0.2) is 28.7 Å². The highest BCUT2D eigenvalue weighted by Crippen LogP contribution is 2.26. The molecule has 0 radical (unpaired) electrons. The van der Waals surface area contributed by atoms with E-state index in [2.05, 4.69) is 5.10 Å². The van der Waals surface area contributed by atoms with Gasteiger partial charge in [0.1, 0.15) is 11.8 Å². The van der Waals surface area contributed by atoms with Crippen molar-refractivity contribution in [3.63, 3.8) is 0 Å². The molecule has 1 unspecified atom stereocenters. The molecule has 0 amide bonds. The zero-order valence-corrected chi connectivity index (χ0v) is 15.6. The topological polar surface area (TPSA) is 69.5 Å². The van der Waals surface area contributed by atoms with Crippen LogP contribution >= 0.6 is 23.8 Å². The summed E-state index contributed by atoms with van der Waals surface area (Å²) in [4.78, 5) is 1.39. The molecule has 1 aromatic heterocycles. The third kappa shape index (κ3) is 3.72. The van der Waals surface area contributed by atoms with Crippen molar-refractivity contribution in [2.24, 2.45) is 0 Å². The minimum atomic E-state index is -2.91. The van der Waals surface area contributed by atoms with Gasteiger partial charge in [-0.1, -0.05) is 23.7 Å². The molecule has 1 aromatic carbocycles. The summed E-state index contributed by atoms with van der Waals surface area (Å²) in [6.07, 6.45) is 0.675. The fraction of sp³-hybridized carbons (Fsp3) is 0.467. The number of nitrogens with zero attached hydrogens (tertiary/aromatic N) is 2. The summed E-state index contributed by atoms with van der Waals surface area (Å²) in [5.41, 5.74) is 0.686. The molecule has 1 saturated heterocycles. The molecule has 2 atom stereocenters. The van der Waals surface area contributed by atoms with E-state index in [0.717, 1.165) is 11.4 Å². The van der Waals surface area contributed by atoms with Gasteiger partial charge < -0.3 is 9.32 Å². The molecule has 1 aliphatic rings. The van der Waals surface area contributed by atoms with Gasteiger partial charge in [0.15, 0.2) is 16.5 Å². The predicted octanol–water partition coefficient (Wildman–Crippen LogP) is 1.58. The van der Waals surface area contributed by atoms with Crippen LogP contribution in [0.25, 0.3) is 11.5 Å². The number of aromatic nitrogens is 2. The van der Waals surface area contributed by atoms with Gasteiger partial charge in [0.05, 0.1) is 22.9 Å². The van der Waals surface area contributed by atoms with Gasteiger partial charge in [-0.3, -0.25) is 0 Å². The Bertz CT molecular complexity index is 891. The van der Waals surface area contributed by atoms with E-state index >= 15 is 0 Å². The van der Waals surface area contributed by atoms with Crippen molar-refractivity contribution in [2.45, 2.75) is 26.1 Å². The molecule has 0 bridgehead atoms. The maximum Gasteiger partial charge on any atom is 0.292 e.